The number of rotatable bonds is 5. The van der Waals surface area contributed by atoms with Crippen LogP contribution >= 0.6 is 11.6 Å². The van der Waals surface area contributed by atoms with E-state index in [2.05, 4.69) is 10.9 Å². The molecule has 0 unspecified atom stereocenters. The quantitative estimate of drug-likeness (QED) is 0.822. The van der Waals surface area contributed by atoms with Crippen LogP contribution in [0.3, 0.4) is 0 Å². The maximum atomic E-state index is 11.8. The Morgan fingerprint density at radius 1 is 1.00 bits per heavy atom. The second-order valence-corrected chi connectivity index (χ2v) is 4.85. The highest BCUT2D eigenvalue weighted by molar-refractivity contribution is 6.33. The Morgan fingerprint density at radius 2 is 1.65 bits per heavy atom. The van der Waals surface area contributed by atoms with Crippen molar-refractivity contribution in [2.75, 3.05) is 13.7 Å². The lowest BCUT2D eigenvalue weighted by Gasteiger charge is -2.09. The first-order chi connectivity index (χ1) is 11.1. The molecule has 0 heterocycles. The van der Waals surface area contributed by atoms with E-state index in [4.69, 9.17) is 21.1 Å². The maximum Gasteiger partial charge on any atom is 0.276 e. The molecule has 0 saturated heterocycles. The Kier molecular flexibility index (Phi) is 5.82. The number of methoxy groups -OCH3 is 1. The average Bonchev–Trinajstić information content (AvgIpc) is 2.58. The molecule has 0 aromatic heterocycles. The summed E-state index contributed by atoms with van der Waals surface area (Å²) in [6.45, 7) is -0.241. The topological polar surface area (TPSA) is 76.7 Å². The molecule has 0 bridgehead atoms. The van der Waals surface area contributed by atoms with E-state index in [1.165, 1.54) is 0 Å². The molecule has 2 amide bonds. The van der Waals surface area contributed by atoms with Crippen LogP contribution in [-0.4, -0.2) is 25.5 Å². The van der Waals surface area contributed by atoms with Gasteiger partial charge in [0.2, 0.25) is 0 Å². The second-order valence-electron chi connectivity index (χ2n) is 4.45. The molecular weight excluding hydrogens is 320 g/mol. The van der Waals surface area contributed by atoms with E-state index >= 15 is 0 Å². The monoisotopic (exact) mass is 334 g/mol. The highest BCUT2D eigenvalue weighted by atomic mass is 35.5. The third-order valence-corrected chi connectivity index (χ3v) is 3.19. The largest absolute Gasteiger partial charge is 0.497 e. The van der Waals surface area contributed by atoms with E-state index in [1.807, 2.05) is 0 Å². The average molecular weight is 335 g/mol. The minimum atomic E-state index is -0.506. The number of halogens is 1. The number of amides is 2. The first-order valence-electron chi connectivity index (χ1n) is 6.70. The molecule has 0 saturated carbocycles. The van der Waals surface area contributed by atoms with E-state index in [9.17, 15) is 9.59 Å². The minimum absolute atomic E-state index is 0.241. The Hall–Kier alpha value is -2.73. The first-order valence-corrected chi connectivity index (χ1v) is 7.08. The lowest BCUT2D eigenvalue weighted by Crippen LogP contribution is -2.43. The van der Waals surface area contributed by atoms with Gasteiger partial charge in [0, 0.05) is 0 Å². The lowest BCUT2D eigenvalue weighted by atomic mass is 10.2. The molecule has 2 aromatic carbocycles. The van der Waals surface area contributed by atoms with Crippen molar-refractivity contribution < 1.29 is 19.1 Å². The molecule has 0 aliphatic rings. The zero-order valence-corrected chi connectivity index (χ0v) is 13.1. The van der Waals surface area contributed by atoms with Crippen molar-refractivity contribution in [1.29, 1.82) is 0 Å². The Labute approximate surface area is 138 Å². The van der Waals surface area contributed by atoms with Gasteiger partial charge in [0.1, 0.15) is 11.5 Å². The number of benzene rings is 2. The summed E-state index contributed by atoms with van der Waals surface area (Å²) in [5.74, 6) is 0.196. The molecule has 0 spiro atoms. The number of hydrogen-bond acceptors (Lipinski definition) is 4. The summed E-state index contributed by atoms with van der Waals surface area (Å²) in [6.07, 6.45) is 0. The van der Waals surface area contributed by atoms with Crippen molar-refractivity contribution in [3.8, 4) is 11.5 Å². The fourth-order valence-electron chi connectivity index (χ4n) is 1.70. The van der Waals surface area contributed by atoms with Gasteiger partial charge in [0.25, 0.3) is 11.8 Å². The highest BCUT2D eigenvalue weighted by Crippen LogP contribution is 2.16. The fourth-order valence-corrected chi connectivity index (χ4v) is 1.92. The zero-order chi connectivity index (χ0) is 16.7. The predicted molar refractivity (Wildman–Crippen MR) is 85.5 cm³/mol. The lowest BCUT2D eigenvalue weighted by molar-refractivity contribution is -0.123. The van der Waals surface area contributed by atoms with Crippen molar-refractivity contribution >= 4 is 23.4 Å². The Balaban J connectivity index is 1.78. The summed E-state index contributed by atoms with van der Waals surface area (Å²) >= 11 is 5.89. The van der Waals surface area contributed by atoms with Gasteiger partial charge in [0.15, 0.2) is 6.61 Å². The summed E-state index contributed by atoms with van der Waals surface area (Å²) in [5, 5.41) is 0.300. The van der Waals surface area contributed by atoms with E-state index in [-0.39, 0.29) is 12.2 Å². The van der Waals surface area contributed by atoms with Gasteiger partial charge in [-0.05, 0) is 36.4 Å². The van der Waals surface area contributed by atoms with Crippen molar-refractivity contribution in [3.05, 3.63) is 59.1 Å². The van der Waals surface area contributed by atoms with Crippen LogP contribution < -0.4 is 20.3 Å². The Bertz CT molecular complexity index is 689. The molecule has 2 rings (SSSR count). The number of nitrogens with one attached hydrogen (secondary N) is 2. The summed E-state index contributed by atoms with van der Waals surface area (Å²) in [7, 11) is 1.56. The smallest absolute Gasteiger partial charge is 0.276 e. The summed E-state index contributed by atoms with van der Waals surface area (Å²) in [4.78, 5) is 23.5. The SMILES string of the molecule is COc1ccc(OCC(=O)NNC(=O)c2ccccc2Cl)cc1. The van der Waals surface area contributed by atoms with E-state index < -0.39 is 11.8 Å². The van der Waals surface area contributed by atoms with Gasteiger partial charge in [-0.25, -0.2) is 0 Å². The molecule has 6 nitrogen and oxygen atoms in total. The molecule has 0 aliphatic heterocycles. The highest BCUT2D eigenvalue weighted by Gasteiger charge is 2.10. The van der Waals surface area contributed by atoms with Crippen LogP contribution in [0.25, 0.3) is 0 Å². The molecule has 7 heteroatoms. The van der Waals surface area contributed by atoms with E-state index in [1.54, 1.807) is 55.6 Å². The van der Waals surface area contributed by atoms with Gasteiger partial charge >= 0.3 is 0 Å². The van der Waals surface area contributed by atoms with Crippen LogP contribution in [-0.2, 0) is 4.79 Å². The maximum absolute atomic E-state index is 11.8. The minimum Gasteiger partial charge on any atom is -0.497 e. The fraction of sp³-hybridized carbons (Fsp3) is 0.125. The third-order valence-electron chi connectivity index (χ3n) is 2.86. The number of ether oxygens (including phenoxy) is 2. The molecule has 0 fully saturated rings. The van der Waals surface area contributed by atoms with Gasteiger partial charge in [-0.15, -0.1) is 0 Å². The molecule has 23 heavy (non-hydrogen) atoms. The van der Waals surface area contributed by atoms with Gasteiger partial charge in [-0.2, -0.15) is 0 Å². The molecule has 2 N–H and O–H groups in total. The van der Waals surface area contributed by atoms with E-state index in [0.717, 1.165) is 0 Å². The standard InChI is InChI=1S/C16H15ClN2O4/c1-22-11-6-8-12(9-7-11)23-10-15(20)18-19-16(21)13-4-2-3-5-14(13)17/h2-9H,10H2,1H3,(H,18,20)(H,19,21). The summed E-state index contributed by atoms with van der Waals surface area (Å²) in [6, 6.07) is 13.3. The zero-order valence-electron chi connectivity index (χ0n) is 12.3. The van der Waals surface area contributed by atoms with Crippen molar-refractivity contribution in [2.24, 2.45) is 0 Å². The number of hydrogen-bond donors (Lipinski definition) is 2. The Morgan fingerprint density at radius 3 is 2.30 bits per heavy atom. The third kappa shape index (κ3) is 4.89. The molecule has 0 aliphatic carbocycles. The van der Waals surface area contributed by atoms with Gasteiger partial charge in [-0.1, -0.05) is 23.7 Å². The number of hydrazine groups is 1. The first kappa shape index (κ1) is 16.6. The van der Waals surface area contributed by atoms with Crippen molar-refractivity contribution in [2.45, 2.75) is 0 Å². The van der Waals surface area contributed by atoms with Crippen LogP contribution in [0.4, 0.5) is 0 Å². The van der Waals surface area contributed by atoms with Crippen LogP contribution in [0.2, 0.25) is 5.02 Å². The second kappa shape index (κ2) is 8.05. The van der Waals surface area contributed by atoms with Gasteiger partial charge in [-0.3, -0.25) is 20.4 Å². The predicted octanol–water partition coefficient (Wildman–Crippen LogP) is 2.19. The van der Waals surface area contributed by atoms with Crippen molar-refractivity contribution in [3.63, 3.8) is 0 Å². The normalized spacial score (nSPS) is 9.83. The van der Waals surface area contributed by atoms with Crippen LogP contribution in [0, 0.1) is 0 Å². The van der Waals surface area contributed by atoms with Crippen molar-refractivity contribution in [1.82, 2.24) is 10.9 Å². The van der Waals surface area contributed by atoms with Crippen LogP contribution in [0.1, 0.15) is 10.4 Å². The van der Waals surface area contributed by atoms with E-state index in [0.29, 0.717) is 16.5 Å². The molecule has 0 radical (unpaired) electrons. The number of carbonyl (C=O) groups excluding carboxylic acids is 2. The van der Waals surface area contributed by atoms with Crippen LogP contribution in [0.5, 0.6) is 11.5 Å². The molecule has 2 aromatic rings. The summed E-state index contributed by atoms with van der Waals surface area (Å²) in [5.41, 5.74) is 4.79. The van der Waals surface area contributed by atoms with Gasteiger partial charge < -0.3 is 9.47 Å². The molecule has 0 atom stereocenters. The summed E-state index contributed by atoms with van der Waals surface area (Å²) < 4.78 is 10.3. The van der Waals surface area contributed by atoms with Gasteiger partial charge in [0.05, 0.1) is 17.7 Å². The van der Waals surface area contributed by atoms with Crippen LogP contribution in [0.15, 0.2) is 48.5 Å². The molecule has 120 valence electrons. The molecular formula is C16H15ClN2O4. The number of carbonyl (C=O) groups is 2.